The van der Waals surface area contributed by atoms with E-state index >= 15 is 0 Å². The number of rotatable bonds is 8. The van der Waals surface area contributed by atoms with Crippen molar-refractivity contribution in [1.82, 2.24) is 9.71 Å². The Bertz CT molecular complexity index is 529. The van der Waals surface area contributed by atoms with E-state index in [0.29, 0.717) is 19.0 Å². The molecule has 0 fully saturated rings. The van der Waals surface area contributed by atoms with Crippen molar-refractivity contribution in [3.05, 3.63) is 18.3 Å². The Morgan fingerprint density at radius 1 is 1.40 bits per heavy atom. The number of nitrogens with zero attached hydrogens (tertiary/aromatic N) is 1. The first-order valence-electron chi connectivity index (χ1n) is 6.43. The zero-order chi connectivity index (χ0) is 15.2. The lowest BCUT2D eigenvalue weighted by Gasteiger charge is -2.24. The van der Waals surface area contributed by atoms with Crippen molar-refractivity contribution >= 4 is 15.8 Å². The number of anilines is 1. The molecule has 1 aromatic rings. The van der Waals surface area contributed by atoms with Crippen LogP contribution in [0.1, 0.15) is 20.3 Å². The third kappa shape index (κ3) is 5.07. The van der Waals surface area contributed by atoms with Crippen LogP contribution in [0.25, 0.3) is 0 Å². The highest BCUT2D eigenvalue weighted by Crippen LogP contribution is 2.20. The highest BCUT2D eigenvalue weighted by molar-refractivity contribution is 7.89. The van der Waals surface area contributed by atoms with Gasteiger partial charge in [0.2, 0.25) is 10.0 Å². The fraction of sp³-hybridized carbons (Fsp3) is 0.615. The van der Waals surface area contributed by atoms with Crippen molar-refractivity contribution in [3.63, 3.8) is 0 Å². The molecule has 1 rings (SSSR count). The maximum atomic E-state index is 12.2. The van der Waals surface area contributed by atoms with Crippen LogP contribution in [0.3, 0.4) is 0 Å². The summed E-state index contributed by atoms with van der Waals surface area (Å²) in [7, 11) is -0.192. The molecule has 0 atom stereocenters. The monoisotopic (exact) mass is 301 g/mol. The molecule has 6 nitrogen and oxygen atoms in total. The minimum absolute atomic E-state index is 0.165. The first kappa shape index (κ1) is 16.9. The Morgan fingerprint density at radius 3 is 2.70 bits per heavy atom. The van der Waals surface area contributed by atoms with E-state index in [1.54, 1.807) is 14.2 Å². The first-order chi connectivity index (χ1) is 9.30. The molecule has 20 heavy (non-hydrogen) atoms. The number of ether oxygens (including phenoxy) is 1. The average Bonchev–Trinajstić information content (AvgIpc) is 2.43. The van der Waals surface area contributed by atoms with E-state index in [1.165, 1.54) is 18.3 Å². The minimum atomic E-state index is -3.52. The van der Waals surface area contributed by atoms with Crippen LogP contribution in [-0.4, -0.2) is 40.7 Å². The summed E-state index contributed by atoms with van der Waals surface area (Å²) in [4.78, 5) is 4.21. The second-order valence-corrected chi connectivity index (χ2v) is 7.13. The molecule has 0 aliphatic carbocycles. The van der Waals surface area contributed by atoms with E-state index in [1.807, 2.05) is 13.8 Å². The molecular formula is C13H23N3O3S. The van der Waals surface area contributed by atoms with Crippen LogP contribution in [0, 0.1) is 5.41 Å². The zero-order valence-corrected chi connectivity index (χ0v) is 13.3. The predicted octanol–water partition coefficient (Wildman–Crippen LogP) is 1.46. The number of pyridine rings is 1. The van der Waals surface area contributed by atoms with Crippen LogP contribution in [0.15, 0.2) is 23.2 Å². The van der Waals surface area contributed by atoms with Crippen molar-refractivity contribution in [1.29, 1.82) is 0 Å². The Kier molecular flexibility index (Phi) is 5.91. The highest BCUT2D eigenvalue weighted by atomic mass is 32.2. The molecule has 0 unspecified atom stereocenters. The molecule has 1 heterocycles. The molecule has 0 amide bonds. The van der Waals surface area contributed by atoms with Crippen molar-refractivity contribution in [2.24, 2.45) is 5.41 Å². The van der Waals surface area contributed by atoms with Gasteiger partial charge in [-0.3, -0.25) is 0 Å². The molecule has 0 radical (unpaired) electrons. The molecule has 0 spiro atoms. The van der Waals surface area contributed by atoms with Gasteiger partial charge in [-0.25, -0.2) is 18.1 Å². The van der Waals surface area contributed by atoms with Gasteiger partial charge in [0.15, 0.2) is 0 Å². The fourth-order valence-electron chi connectivity index (χ4n) is 1.56. The molecule has 0 saturated carbocycles. The summed E-state index contributed by atoms with van der Waals surface area (Å²) in [5.74, 6) is 0.520. The maximum Gasteiger partial charge on any atom is 0.240 e. The largest absolute Gasteiger partial charge is 0.385 e. The molecule has 0 aliphatic rings. The van der Waals surface area contributed by atoms with Crippen LogP contribution in [0.2, 0.25) is 0 Å². The Morgan fingerprint density at radius 2 is 2.10 bits per heavy atom. The third-order valence-corrected chi connectivity index (χ3v) is 4.42. The van der Waals surface area contributed by atoms with Gasteiger partial charge in [0.25, 0.3) is 0 Å². The van der Waals surface area contributed by atoms with Crippen LogP contribution in [0.5, 0.6) is 0 Å². The van der Waals surface area contributed by atoms with Gasteiger partial charge in [-0.1, -0.05) is 13.8 Å². The molecule has 2 N–H and O–H groups in total. The lowest BCUT2D eigenvalue weighted by molar-refractivity contribution is 0.153. The molecule has 0 aromatic carbocycles. The summed E-state index contributed by atoms with van der Waals surface area (Å²) >= 11 is 0. The lowest BCUT2D eigenvalue weighted by atomic mass is 9.90. The Hall–Kier alpha value is -1.18. The van der Waals surface area contributed by atoms with Crippen molar-refractivity contribution in [2.45, 2.75) is 25.2 Å². The Balaban J connectivity index is 2.74. The van der Waals surface area contributed by atoms with Gasteiger partial charge in [-0.2, -0.15) is 0 Å². The van der Waals surface area contributed by atoms with E-state index in [0.717, 1.165) is 6.42 Å². The topological polar surface area (TPSA) is 80.3 Å². The summed E-state index contributed by atoms with van der Waals surface area (Å²) in [6.45, 7) is 4.96. The fourth-order valence-corrected chi connectivity index (χ4v) is 2.81. The SMILES string of the molecule is CNc1cc(S(=O)(=O)NCC(C)(C)CCOC)ccn1. The summed E-state index contributed by atoms with van der Waals surface area (Å²) in [6, 6.07) is 2.98. The minimum Gasteiger partial charge on any atom is -0.385 e. The summed E-state index contributed by atoms with van der Waals surface area (Å²) in [5, 5.41) is 2.82. The number of methoxy groups -OCH3 is 1. The van der Waals surface area contributed by atoms with Gasteiger partial charge in [-0.15, -0.1) is 0 Å². The van der Waals surface area contributed by atoms with E-state index in [4.69, 9.17) is 4.74 Å². The summed E-state index contributed by atoms with van der Waals surface area (Å²) in [6.07, 6.45) is 2.25. The van der Waals surface area contributed by atoms with Crippen molar-refractivity contribution in [2.75, 3.05) is 32.6 Å². The van der Waals surface area contributed by atoms with Crippen LogP contribution in [0.4, 0.5) is 5.82 Å². The number of aromatic nitrogens is 1. The number of nitrogens with one attached hydrogen (secondary N) is 2. The van der Waals surface area contributed by atoms with E-state index in [9.17, 15) is 8.42 Å². The smallest absolute Gasteiger partial charge is 0.240 e. The molecule has 114 valence electrons. The quantitative estimate of drug-likeness (QED) is 0.760. The Labute approximate surface area is 121 Å². The summed E-state index contributed by atoms with van der Waals surface area (Å²) < 4.78 is 32.1. The normalized spacial score (nSPS) is 12.4. The summed E-state index contributed by atoms with van der Waals surface area (Å²) in [5.41, 5.74) is -0.165. The van der Waals surface area contributed by atoms with Gasteiger partial charge in [0.05, 0.1) is 4.90 Å². The third-order valence-electron chi connectivity index (χ3n) is 3.02. The predicted molar refractivity (Wildman–Crippen MR) is 79.2 cm³/mol. The number of sulfonamides is 1. The van der Waals surface area contributed by atoms with Crippen molar-refractivity contribution < 1.29 is 13.2 Å². The molecule has 0 saturated heterocycles. The standard InChI is InChI=1S/C13H23N3O3S/c1-13(2,6-8-19-4)10-16-20(17,18)11-5-7-15-12(9-11)14-3/h5,7,9,16H,6,8,10H2,1-4H3,(H,14,15). The van der Waals surface area contributed by atoms with E-state index in [2.05, 4.69) is 15.0 Å². The van der Waals surface area contributed by atoms with Crippen LogP contribution < -0.4 is 10.0 Å². The van der Waals surface area contributed by atoms with Crippen LogP contribution >= 0.6 is 0 Å². The van der Waals surface area contributed by atoms with Gasteiger partial charge in [-0.05, 0) is 17.9 Å². The average molecular weight is 301 g/mol. The van der Waals surface area contributed by atoms with E-state index < -0.39 is 10.0 Å². The molecular weight excluding hydrogens is 278 g/mol. The molecule has 7 heteroatoms. The number of hydrogen-bond donors (Lipinski definition) is 2. The van der Waals surface area contributed by atoms with E-state index in [-0.39, 0.29) is 10.3 Å². The van der Waals surface area contributed by atoms with Crippen molar-refractivity contribution in [3.8, 4) is 0 Å². The van der Waals surface area contributed by atoms with Crippen LogP contribution in [-0.2, 0) is 14.8 Å². The first-order valence-corrected chi connectivity index (χ1v) is 7.91. The second-order valence-electron chi connectivity index (χ2n) is 5.36. The lowest BCUT2D eigenvalue weighted by Crippen LogP contribution is -2.34. The second kappa shape index (κ2) is 7.01. The molecule has 0 bridgehead atoms. The zero-order valence-electron chi connectivity index (χ0n) is 12.4. The van der Waals surface area contributed by atoms with Gasteiger partial charge in [0.1, 0.15) is 5.82 Å². The van der Waals surface area contributed by atoms with Gasteiger partial charge < -0.3 is 10.1 Å². The molecule has 1 aromatic heterocycles. The number of hydrogen-bond acceptors (Lipinski definition) is 5. The highest BCUT2D eigenvalue weighted by Gasteiger charge is 2.22. The molecule has 0 aliphatic heterocycles. The maximum absolute atomic E-state index is 12.2. The van der Waals surface area contributed by atoms with Gasteiger partial charge in [0, 0.05) is 39.6 Å². The van der Waals surface area contributed by atoms with Gasteiger partial charge >= 0.3 is 0 Å².